The third-order valence-corrected chi connectivity index (χ3v) is 3.27. The van der Waals surface area contributed by atoms with Gasteiger partial charge in [0.05, 0.1) is 10.6 Å². The fraction of sp³-hybridized carbons (Fsp3) is 0.385. The molecule has 18 heavy (non-hydrogen) atoms. The molecule has 1 saturated carbocycles. The van der Waals surface area contributed by atoms with Crippen molar-refractivity contribution < 1.29 is 14.7 Å². The van der Waals surface area contributed by atoms with Gasteiger partial charge in [0.25, 0.3) is 0 Å². The second-order valence-corrected chi connectivity index (χ2v) is 4.94. The van der Waals surface area contributed by atoms with E-state index in [2.05, 4.69) is 5.32 Å². The van der Waals surface area contributed by atoms with Crippen molar-refractivity contribution in [2.75, 3.05) is 5.32 Å². The lowest BCUT2D eigenvalue weighted by Gasteiger charge is -2.06. The Morgan fingerprint density at radius 2 is 2.11 bits per heavy atom. The number of benzene rings is 1. The summed E-state index contributed by atoms with van der Waals surface area (Å²) < 4.78 is 0. The molecular weight excluding hydrogens is 254 g/mol. The number of halogens is 1. The van der Waals surface area contributed by atoms with E-state index in [1.165, 1.54) is 25.0 Å². The van der Waals surface area contributed by atoms with E-state index in [4.69, 9.17) is 16.7 Å². The van der Waals surface area contributed by atoms with Gasteiger partial charge in [-0.25, -0.2) is 4.79 Å². The van der Waals surface area contributed by atoms with E-state index >= 15 is 0 Å². The second kappa shape index (κ2) is 5.40. The average molecular weight is 268 g/mol. The molecule has 4 nitrogen and oxygen atoms in total. The van der Waals surface area contributed by atoms with E-state index in [0.29, 0.717) is 18.0 Å². The van der Waals surface area contributed by atoms with Gasteiger partial charge in [-0.15, -0.1) is 0 Å². The van der Waals surface area contributed by atoms with Gasteiger partial charge in [0, 0.05) is 12.1 Å². The van der Waals surface area contributed by atoms with Crippen LogP contribution < -0.4 is 5.32 Å². The molecule has 0 aliphatic heterocycles. The predicted octanol–water partition coefficient (Wildman–Crippen LogP) is 3.17. The number of carboxylic acids is 1. The zero-order valence-corrected chi connectivity index (χ0v) is 10.5. The van der Waals surface area contributed by atoms with Crippen molar-refractivity contribution in [3.8, 4) is 0 Å². The number of anilines is 1. The van der Waals surface area contributed by atoms with E-state index in [1.807, 2.05) is 0 Å². The number of rotatable bonds is 5. The Bertz CT molecular complexity index is 483. The minimum atomic E-state index is -1.08. The van der Waals surface area contributed by atoms with Gasteiger partial charge in [-0.1, -0.05) is 24.4 Å². The SMILES string of the molecule is O=C(CCC1CC1)Nc1ccc(C(=O)O)c(Cl)c1. The van der Waals surface area contributed by atoms with Crippen LogP contribution >= 0.6 is 11.6 Å². The Hall–Kier alpha value is -1.55. The topological polar surface area (TPSA) is 66.4 Å². The first kappa shape index (κ1) is 12.9. The maximum absolute atomic E-state index is 11.6. The van der Waals surface area contributed by atoms with Gasteiger partial charge in [-0.05, 0) is 30.5 Å². The largest absolute Gasteiger partial charge is 0.478 e. The third-order valence-electron chi connectivity index (χ3n) is 2.96. The van der Waals surface area contributed by atoms with Crippen LogP contribution in [0.1, 0.15) is 36.0 Å². The van der Waals surface area contributed by atoms with Gasteiger partial charge in [0.1, 0.15) is 0 Å². The standard InChI is InChI=1S/C13H14ClNO3/c14-11-7-9(4-5-10(11)13(17)18)15-12(16)6-3-8-1-2-8/h4-5,7-8H,1-3,6H2,(H,15,16)(H,17,18). The highest BCUT2D eigenvalue weighted by Crippen LogP contribution is 2.33. The predicted molar refractivity (Wildman–Crippen MR) is 69.0 cm³/mol. The zero-order chi connectivity index (χ0) is 13.1. The van der Waals surface area contributed by atoms with E-state index in [1.54, 1.807) is 6.07 Å². The van der Waals surface area contributed by atoms with Gasteiger partial charge >= 0.3 is 5.97 Å². The zero-order valence-electron chi connectivity index (χ0n) is 9.78. The molecule has 0 radical (unpaired) electrons. The summed E-state index contributed by atoms with van der Waals surface area (Å²) in [6.07, 6.45) is 3.88. The normalized spacial score (nSPS) is 14.3. The Kier molecular flexibility index (Phi) is 3.87. The van der Waals surface area contributed by atoms with E-state index < -0.39 is 5.97 Å². The lowest BCUT2D eigenvalue weighted by Crippen LogP contribution is -2.11. The van der Waals surface area contributed by atoms with Crippen LogP contribution in [0.4, 0.5) is 5.69 Å². The van der Waals surface area contributed by atoms with Crippen LogP contribution in [0.15, 0.2) is 18.2 Å². The molecule has 96 valence electrons. The van der Waals surface area contributed by atoms with Crippen molar-refractivity contribution in [1.29, 1.82) is 0 Å². The summed E-state index contributed by atoms with van der Waals surface area (Å²) in [7, 11) is 0. The second-order valence-electron chi connectivity index (χ2n) is 4.53. The summed E-state index contributed by atoms with van der Waals surface area (Å²) in [4.78, 5) is 22.4. The summed E-state index contributed by atoms with van der Waals surface area (Å²) in [5.41, 5.74) is 0.568. The molecule has 0 spiro atoms. The first-order valence-electron chi connectivity index (χ1n) is 5.89. The van der Waals surface area contributed by atoms with Crippen LogP contribution in [0.5, 0.6) is 0 Å². The lowest BCUT2D eigenvalue weighted by atomic mass is 10.2. The van der Waals surface area contributed by atoms with E-state index in [9.17, 15) is 9.59 Å². The molecule has 5 heteroatoms. The first-order valence-corrected chi connectivity index (χ1v) is 6.27. The Balaban J connectivity index is 1.94. The Morgan fingerprint density at radius 3 is 2.67 bits per heavy atom. The van der Waals surface area contributed by atoms with Crippen molar-refractivity contribution in [3.05, 3.63) is 28.8 Å². The van der Waals surface area contributed by atoms with Crippen LogP contribution in [0.25, 0.3) is 0 Å². The van der Waals surface area contributed by atoms with Crippen molar-refractivity contribution in [3.63, 3.8) is 0 Å². The summed E-state index contributed by atoms with van der Waals surface area (Å²) >= 11 is 5.81. The number of amides is 1. The molecule has 2 rings (SSSR count). The maximum atomic E-state index is 11.6. The number of nitrogens with one attached hydrogen (secondary N) is 1. The number of carbonyl (C=O) groups is 2. The van der Waals surface area contributed by atoms with Gasteiger partial charge < -0.3 is 10.4 Å². The first-order chi connectivity index (χ1) is 8.56. The van der Waals surface area contributed by atoms with E-state index in [0.717, 1.165) is 6.42 Å². The smallest absolute Gasteiger partial charge is 0.337 e. The van der Waals surface area contributed by atoms with Crippen LogP contribution in [0.2, 0.25) is 5.02 Å². The molecule has 0 unspecified atom stereocenters. The lowest BCUT2D eigenvalue weighted by molar-refractivity contribution is -0.116. The number of hydrogen-bond acceptors (Lipinski definition) is 2. The highest BCUT2D eigenvalue weighted by molar-refractivity contribution is 6.33. The summed E-state index contributed by atoms with van der Waals surface area (Å²) in [6.45, 7) is 0. The van der Waals surface area contributed by atoms with Crippen LogP contribution in [0.3, 0.4) is 0 Å². The molecule has 1 aromatic carbocycles. The average Bonchev–Trinajstić information content (AvgIpc) is 3.09. The summed E-state index contributed by atoms with van der Waals surface area (Å²) in [5.74, 6) is -0.415. The molecule has 0 atom stereocenters. The molecule has 1 aromatic rings. The third kappa shape index (κ3) is 3.47. The molecular formula is C13H14ClNO3. The molecule has 0 aromatic heterocycles. The van der Waals surface area contributed by atoms with Crippen molar-refractivity contribution in [1.82, 2.24) is 0 Å². The van der Waals surface area contributed by atoms with Gasteiger partial charge in [-0.2, -0.15) is 0 Å². The minimum Gasteiger partial charge on any atom is -0.478 e. The fourth-order valence-corrected chi connectivity index (χ4v) is 1.99. The van der Waals surface area contributed by atoms with Crippen molar-refractivity contribution in [2.24, 2.45) is 5.92 Å². The number of carbonyl (C=O) groups excluding carboxylic acids is 1. The molecule has 0 saturated heterocycles. The molecule has 2 N–H and O–H groups in total. The number of hydrogen-bond donors (Lipinski definition) is 2. The maximum Gasteiger partial charge on any atom is 0.337 e. The number of aromatic carboxylic acids is 1. The Labute approximate surface area is 110 Å². The number of carboxylic acid groups (broad SMARTS) is 1. The highest BCUT2D eigenvalue weighted by atomic mass is 35.5. The summed E-state index contributed by atoms with van der Waals surface area (Å²) in [5, 5.41) is 11.7. The minimum absolute atomic E-state index is 0.0349. The van der Waals surface area contributed by atoms with Gasteiger partial charge in [0.15, 0.2) is 0 Å². The van der Waals surface area contributed by atoms with Crippen molar-refractivity contribution >= 4 is 29.2 Å². The monoisotopic (exact) mass is 267 g/mol. The molecule has 1 aliphatic carbocycles. The van der Waals surface area contributed by atoms with Crippen LogP contribution in [0, 0.1) is 5.92 Å². The summed E-state index contributed by atoms with van der Waals surface area (Å²) in [6, 6.07) is 4.39. The quantitative estimate of drug-likeness (QED) is 0.861. The molecule has 1 amide bonds. The van der Waals surface area contributed by atoms with Crippen LogP contribution in [-0.2, 0) is 4.79 Å². The molecule has 0 bridgehead atoms. The molecule has 0 heterocycles. The highest BCUT2D eigenvalue weighted by Gasteiger charge is 2.21. The molecule has 1 aliphatic rings. The Morgan fingerprint density at radius 1 is 1.39 bits per heavy atom. The van der Waals surface area contributed by atoms with E-state index in [-0.39, 0.29) is 16.5 Å². The van der Waals surface area contributed by atoms with Crippen LogP contribution in [-0.4, -0.2) is 17.0 Å². The van der Waals surface area contributed by atoms with Crippen molar-refractivity contribution in [2.45, 2.75) is 25.7 Å². The molecule has 1 fully saturated rings. The fourth-order valence-electron chi connectivity index (χ4n) is 1.73. The van der Waals surface area contributed by atoms with Gasteiger partial charge in [0.2, 0.25) is 5.91 Å². The van der Waals surface area contributed by atoms with Gasteiger partial charge in [-0.3, -0.25) is 4.79 Å².